The van der Waals surface area contributed by atoms with E-state index in [1.54, 1.807) is 0 Å². The Morgan fingerprint density at radius 3 is 2.46 bits per heavy atom. The van der Waals surface area contributed by atoms with Crippen molar-refractivity contribution in [3.63, 3.8) is 0 Å². The van der Waals surface area contributed by atoms with Crippen molar-refractivity contribution < 1.29 is 28.7 Å². The first-order valence-corrected chi connectivity index (χ1v) is 9.97. The second-order valence-electron chi connectivity index (χ2n) is 7.35. The zero-order valence-corrected chi connectivity index (χ0v) is 17.0. The molecular weight excluding hydrogens is 366 g/mol. The molecule has 2 N–H and O–H groups in total. The van der Waals surface area contributed by atoms with Gasteiger partial charge in [0, 0.05) is 13.1 Å². The summed E-state index contributed by atoms with van der Waals surface area (Å²) >= 11 is 0. The Bertz CT molecular complexity index is 610. The largest absolute Gasteiger partial charge is 0.467 e. The number of ether oxygens (including phenoxy) is 2. The number of nitrogens with one attached hydrogen (secondary N) is 2. The standard InChI is InChI=1S/C19H31N3O6/c1-5-9-20-16(23)14-15(28-14)17(24)21-13(11(3)6-2)18(25)22-10-7-8-12(22)19(26)27-4/h11-15H,5-10H2,1-4H3,(H,20,23)(H,21,24)/t11-,12+,13+,14-,15+/m1/s1. The Morgan fingerprint density at radius 2 is 1.86 bits per heavy atom. The molecule has 28 heavy (non-hydrogen) atoms. The molecule has 2 fully saturated rings. The number of likely N-dealkylation sites (tertiary alicyclic amines) is 1. The van der Waals surface area contributed by atoms with E-state index in [2.05, 4.69) is 10.6 Å². The van der Waals surface area contributed by atoms with Gasteiger partial charge in [0.05, 0.1) is 7.11 Å². The summed E-state index contributed by atoms with van der Waals surface area (Å²) < 4.78 is 10.0. The van der Waals surface area contributed by atoms with Gasteiger partial charge >= 0.3 is 5.97 Å². The number of carbonyl (C=O) groups excluding carboxylic acids is 4. The monoisotopic (exact) mass is 397 g/mol. The molecule has 0 radical (unpaired) electrons. The van der Waals surface area contributed by atoms with Crippen LogP contribution in [0.25, 0.3) is 0 Å². The van der Waals surface area contributed by atoms with E-state index in [1.807, 2.05) is 20.8 Å². The third-order valence-corrected chi connectivity index (χ3v) is 5.34. The molecule has 2 rings (SSSR count). The molecule has 0 unspecified atom stereocenters. The van der Waals surface area contributed by atoms with Crippen LogP contribution < -0.4 is 10.6 Å². The number of hydrogen-bond acceptors (Lipinski definition) is 6. The van der Waals surface area contributed by atoms with Crippen molar-refractivity contribution in [2.24, 2.45) is 5.92 Å². The van der Waals surface area contributed by atoms with E-state index in [0.717, 1.165) is 6.42 Å². The van der Waals surface area contributed by atoms with Crippen LogP contribution in [0.15, 0.2) is 0 Å². The van der Waals surface area contributed by atoms with Crippen LogP contribution >= 0.6 is 0 Å². The first kappa shape index (κ1) is 22.1. The molecule has 0 spiro atoms. The summed E-state index contributed by atoms with van der Waals surface area (Å²) in [6, 6.07) is -1.41. The first-order valence-electron chi connectivity index (χ1n) is 9.97. The highest BCUT2D eigenvalue weighted by Gasteiger charge is 2.51. The normalized spacial score (nSPS) is 25.6. The third-order valence-electron chi connectivity index (χ3n) is 5.34. The molecule has 0 aromatic heterocycles. The highest BCUT2D eigenvalue weighted by molar-refractivity contribution is 5.97. The van der Waals surface area contributed by atoms with Crippen molar-refractivity contribution >= 4 is 23.7 Å². The van der Waals surface area contributed by atoms with Gasteiger partial charge < -0.3 is 25.0 Å². The van der Waals surface area contributed by atoms with Crippen molar-refractivity contribution in [1.82, 2.24) is 15.5 Å². The number of rotatable bonds is 9. The van der Waals surface area contributed by atoms with Gasteiger partial charge in [0.15, 0.2) is 12.2 Å². The second kappa shape index (κ2) is 9.86. The van der Waals surface area contributed by atoms with E-state index in [1.165, 1.54) is 12.0 Å². The molecule has 2 heterocycles. The summed E-state index contributed by atoms with van der Waals surface area (Å²) in [5, 5.41) is 5.43. The molecule has 9 nitrogen and oxygen atoms in total. The molecule has 9 heteroatoms. The van der Waals surface area contributed by atoms with Crippen LogP contribution in [0.3, 0.4) is 0 Å². The van der Waals surface area contributed by atoms with E-state index < -0.39 is 36.2 Å². The van der Waals surface area contributed by atoms with Crippen molar-refractivity contribution in [1.29, 1.82) is 0 Å². The van der Waals surface area contributed by atoms with Crippen LogP contribution in [0.5, 0.6) is 0 Å². The van der Waals surface area contributed by atoms with Crippen LogP contribution in [0.4, 0.5) is 0 Å². The summed E-state index contributed by atoms with van der Waals surface area (Å²) in [6.45, 7) is 6.69. The van der Waals surface area contributed by atoms with E-state index in [-0.39, 0.29) is 17.7 Å². The Labute approximate surface area is 165 Å². The summed E-state index contributed by atoms with van der Waals surface area (Å²) in [7, 11) is 1.30. The summed E-state index contributed by atoms with van der Waals surface area (Å²) in [4.78, 5) is 51.0. The zero-order chi connectivity index (χ0) is 20.8. The lowest BCUT2D eigenvalue weighted by atomic mass is 9.97. The minimum Gasteiger partial charge on any atom is -0.467 e. The van der Waals surface area contributed by atoms with Crippen molar-refractivity contribution in [2.45, 2.75) is 70.7 Å². The van der Waals surface area contributed by atoms with Crippen LogP contribution in [0.1, 0.15) is 46.5 Å². The van der Waals surface area contributed by atoms with Gasteiger partial charge in [-0.05, 0) is 25.2 Å². The molecule has 0 saturated carbocycles. The Hall–Kier alpha value is -2.16. The van der Waals surface area contributed by atoms with E-state index >= 15 is 0 Å². The molecule has 5 atom stereocenters. The van der Waals surface area contributed by atoms with E-state index in [4.69, 9.17) is 9.47 Å². The minimum atomic E-state index is -0.883. The molecule has 0 aliphatic carbocycles. The van der Waals surface area contributed by atoms with Gasteiger partial charge in [-0.3, -0.25) is 14.4 Å². The summed E-state index contributed by atoms with van der Waals surface area (Å²) in [5.41, 5.74) is 0. The average Bonchev–Trinajstić information content (AvgIpc) is 3.36. The van der Waals surface area contributed by atoms with E-state index in [0.29, 0.717) is 32.4 Å². The van der Waals surface area contributed by atoms with Gasteiger partial charge in [-0.15, -0.1) is 0 Å². The molecule has 158 valence electrons. The fraction of sp³-hybridized carbons (Fsp3) is 0.789. The topological polar surface area (TPSA) is 117 Å². The van der Waals surface area contributed by atoms with Gasteiger partial charge in [0.25, 0.3) is 11.8 Å². The number of carbonyl (C=O) groups is 4. The van der Waals surface area contributed by atoms with Gasteiger partial charge in [-0.1, -0.05) is 27.2 Å². The fourth-order valence-electron chi connectivity index (χ4n) is 3.37. The van der Waals surface area contributed by atoms with E-state index in [9.17, 15) is 19.2 Å². The maximum atomic E-state index is 13.1. The summed E-state index contributed by atoms with van der Waals surface area (Å²) in [6.07, 6.45) is 1.01. The highest BCUT2D eigenvalue weighted by Crippen LogP contribution is 2.25. The van der Waals surface area contributed by atoms with Crippen molar-refractivity contribution in [3.05, 3.63) is 0 Å². The number of nitrogens with zero attached hydrogens (tertiary/aromatic N) is 1. The van der Waals surface area contributed by atoms with Gasteiger partial charge in [-0.2, -0.15) is 0 Å². The van der Waals surface area contributed by atoms with Crippen LogP contribution in [0.2, 0.25) is 0 Å². The maximum absolute atomic E-state index is 13.1. The number of epoxide rings is 1. The molecule has 2 aliphatic heterocycles. The first-order chi connectivity index (χ1) is 13.3. The average molecular weight is 397 g/mol. The number of methoxy groups -OCH3 is 1. The van der Waals surface area contributed by atoms with Gasteiger partial charge in [-0.25, -0.2) is 4.79 Å². The zero-order valence-electron chi connectivity index (χ0n) is 17.0. The molecule has 2 aliphatic rings. The van der Waals surface area contributed by atoms with Crippen LogP contribution in [0, 0.1) is 5.92 Å². The number of esters is 1. The maximum Gasteiger partial charge on any atom is 0.328 e. The van der Waals surface area contributed by atoms with Gasteiger partial charge in [0.1, 0.15) is 12.1 Å². The second-order valence-corrected chi connectivity index (χ2v) is 7.35. The quantitative estimate of drug-likeness (QED) is 0.417. The third kappa shape index (κ3) is 5.01. The van der Waals surface area contributed by atoms with Crippen molar-refractivity contribution in [2.75, 3.05) is 20.2 Å². The van der Waals surface area contributed by atoms with Crippen LogP contribution in [-0.2, 0) is 28.7 Å². The molecule has 0 aromatic rings. The predicted octanol–water partition coefficient (Wildman–Crippen LogP) is -0.0251. The smallest absolute Gasteiger partial charge is 0.328 e. The Kier molecular flexibility index (Phi) is 7.79. The molecule has 3 amide bonds. The lowest BCUT2D eigenvalue weighted by molar-refractivity contribution is -0.152. The molecule has 0 bridgehead atoms. The minimum absolute atomic E-state index is 0.138. The Balaban J connectivity index is 2.02. The highest BCUT2D eigenvalue weighted by atomic mass is 16.6. The van der Waals surface area contributed by atoms with Crippen LogP contribution in [-0.4, -0.2) is 73.1 Å². The SMILES string of the molecule is CCCNC(=O)[C@@H]1O[C@@H]1C(=O)N[C@H](C(=O)N1CCC[C@H]1C(=O)OC)[C@H](C)CC. The number of hydrogen-bond donors (Lipinski definition) is 2. The van der Waals surface area contributed by atoms with Gasteiger partial charge in [0.2, 0.25) is 5.91 Å². The fourth-order valence-corrected chi connectivity index (χ4v) is 3.37. The summed E-state index contributed by atoms with van der Waals surface area (Å²) in [5.74, 6) is -1.69. The number of amides is 3. The lowest BCUT2D eigenvalue weighted by Gasteiger charge is -2.30. The molecular formula is C19H31N3O6. The predicted molar refractivity (Wildman–Crippen MR) is 100 cm³/mol. The lowest BCUT2D eigenvalue weighted by Crippen LogP contribution is -2.55. The molecule has 0 aromatic carbocycles. The molecule has 2 saturated heterocycles. The van der Waals surface area contributed by atoms with Crippen molar-refractivity contribution in [3.8, 4) is 0 Å². The Morgan fingerprint density at radius 1 is 1.18 bits per heavy atom.